The van der Waals surface area contributed by atoms with Crippen molar-refractivity contribution in [1.82, 2.24) is 29.4 Å². The van der Waals surface area contributed by atoms with Gasteiger partial charge >= 0.3 is 0 Å². The summed E-state index contributed by atoms with van der Waals surface area (Å²) in [5.74, 6) is 0.552. The molecule has 3 aromatic heterocycles. The zero-order chi connectivity index (χ0) is 21.8. The molecular formula is C24H26FN7. The first kappa shape index (κ1) is 20.5. The van der Waals surface area contributed by atoms with Crippen molar-refractivity contribution in [2.75, 3.05) is 25.0 Å². The molecule has 1 saturated heterocycles. The predicted octanol–water partition coefficient (Wildman–Crippen LogP) is 3.53. The largest absolute Gasteiger partial charge is 0.353 e. The molecule has 0 radical (unpaired) electrons. The van der Waals surface area contributed by atoms with E-state index in [9.17, 15) is 4.39 Å². The van der Waals surface area contributed by atoms with Gasteiger partial charge in [-0.3, -0.25) is 9.55 Å². The Hall–Kier alpha value is -3.39. The average Bonchev–Trinajstić information content (AvgIpc) is 3.17. The first-order valence-electron chi connectivity index (χ1n) is 11.0. The highest BCUT2D eigenvalue weighted by atomic mass is 19.1. The first-order valence-corrected chi connectivity index (χ1v) is 11.0. The Morgan fingerprint density at radius 3 is 2.66 bits per heavy atom. The molecule has 1 aromatic carbocycles. The van der Waals surface area contributed by atoms with Crippen LogP contribution in [0.25, 0.3) is 11.2 Å². The quantitative estimate of drug-likeness (QED) is 0.483. The molecule has 164 valence electrons. The van der Waals surface area contributed by atoms with E-state index in [0.717, 1.165) is 67.3 Å². The first-order chi connectivity index (χ1) is 15.7. The fourth-order valence-corrected chi connectivity index (χ4v) is 4.21. The molecule has 4 heterocycles. The average molecular weight is 432 g/mol. The van der Waals surface area contributed by atoms with Gasteiger partial charge in [0.1, 0.15) is 17.7 Å². The molecule has 1 aliphatic rings. The molecule has 0 atom stereocenters. The number of hydrogen-bond acceptors (Lipinski definition) is 6. The van der Waals surface area contributed by atoms with Gasteiger partial charge in [0.05, 0.1) is 12.7 Å². The minimum Gasteiger partial charge on any atom is -0.353 e. The van der Waals surface area contributed by atoms with Gasteiger partial charge in [0, 0.05) is 44.0 Å². The molecule has 0 unspecified atom stereocenters. The zero-order valence-electron chi connectivity index (χ0n) is 17.9. The van der Waals surface area contributed by atoms with E-state index in [-0.39, 0.29) is 5.82 Å². The molecule has 0 spiro atoms. The molecule has 4 aromatic rings. The summed E-state index contributed by atoms with van der Waals surface area (Å²) in [7, 11) is 0. The predicted molar refractivity (Wildman–Crippen MR) is 122 cm³/mol. The van der Waals surface area contributed by atoms with E-state index in [2.05, 4.69) is 35.8 Å². The summed E-state index contributed by atoms with van der Waals surface area (Å²) in [5.41, 5.74) is 3.67. The lowest BCUT2D eigenvalue weighted by atomic mass is 10.0. The molecule has 1 N–H and O–H groups in total. The Morgan fingerprint density at radius 1 is 1.03 bits per heavy atom. The summed E-state index contributed by atoms with van der Waals surface area (Å²) in [6, 6.07) is 13.0. The monoisotopic (exact) mass is 431 g/mol. The van der Waals surface area contributed by atoms with Crippen molar-refractivity contribution in [3.8, 4) is 0 Å². The number of likely N-dealkylation sites (tertiary alicyclic amines) is 1. The van der Waals surface area contributed by atoms with Crippen molar-refractivity contribution >= 4 is 17.1 Å². The van der Waals surface area contributed by atoms with E-state index < -0.39 is 0 Å². The Bertz CT molecular complexity index is 1150. The number of fused-ring (bicyclic) bond motifs is 1. The molecule has 1 aliphatic heterocycles. The minimum absolute atomic E-state index is 0.236. The van der Waals surface area contributed by atoms with Crippen LogP contribution in [0.2, 0.25) is 0 Å². The normalized spacial score (nSPS) is 15.3. The Balaban J connectivity index is 1.25. The van der Waals surface area contributed by atoms with Crippen LogP contribution in [0.1, 0.15) is 24.1 Å². The van der Waals surface area contributed by atoms with E-state index in [4.69, 9.17) is 4.98 Å². The summed E-state index contributed by atoms with van der Waals surface area (Å²) in [5, 5.41) is 3.64. The van der Waals surface area contributed by atoms with Crippen LogP contribution in [0, 0.1) is 5.82 Å². The van der Waals surface area contributed by atoms with Gasteiger partial charge in [-0.1, -0.05) is 18.2 Å². The molecule has 32 heavy (non-hydrogen) atoms. The van der Waals surface area contributed by atoms with Gasteiger partial charge in [-0.25, -0.2) is 19.3 Å². The van der Waals surface area contributed by atoms with Crippen molar-refractivity contribution in [3.63, 3.8) is 0 Å². The second kappa shape index (κ2) is 9.40. The van der Waals surface area contributed by atoms with Crippen LogP contribution in [0.5, 0.6) is 0 Å². The molecule has 7 nitrogen and oxygen atoms in total. The molecule has 0 aliphatic carbocycles. The lowest BCUT2D eigenvalue weighted by molar-refractivity contribution is 0.220. The number of benzene rings is 1. The third-order valence-electron chi connectivity index (χ3n) is 6.00. The zero-order valence-corrected chi connectivity index (χ0v) is 17.9. The maximum Gasteiger partial charge on any atom is 0.205 e. The smallest absolute Gasteiger partial charge is 0.205 e. The van der Waals surface area contributed by atoms with Crippen molar-refractivity contribution in [2.24, 2.45) is 0 Å². The minimum atomic E-state index is -0.236. The second-order valence-corrected chi connectivity index (χ2v) is 8.21. The highest BCUT2D eigenvalue weighted by molar-refractivity contribution is 5.73. The topological polar surface area (TPSA) is 71.8 Å². The number of aromatic nitrogens is 5. The summed E-state index contributed by atoms with van der Waals surface area (Å²) in [6.45, 7) is 3.69. The molecule has 0 amide bonds. The number of anilines is 1. The van der Waals surface area contributed by atoms with Gasteiger partial charge in [0.25, 0.3) is 0 Å². The standard InChI is InChI=1S/C24H26FN7/c25-19-6-4-18(5-7-19)16-32-23-22(15-26-17-28-23)30-24(32)29-21-9-13-31(14-10-21)12-8-20-3-1-2-11-27-20/h1-7,11,15,17,21H,8-10,12-14,16H2,(H,29,30). The van der Waals surface area contributed by atoms with E-state index in [1.54, 1.807) is 18.3 Å². The number of pyridine rings is 1. The van der Waals surface area contributed by atoms with Gasteiger partial charge in [-0.05, 0) is 42.7 Å². The molecule has 0 bridgehead atoms. The molecular weight excluding hydrogens is 405 g/mol. The lowest BCUT2D eigenvalue weighted by Gasteiger charge is -2.32. The third kappa shape index (κ3) is 4.75. The number of imidazole rings is 1. The van der Waals surface area contributed by atoms with E-state index in [1.807, 2.05) is 18.3 Å². The van der Waals surface area contributed by atoms with Crippen molar-refractivity contribution in [3.05, 3.63) is 78.3 Å². The summed E-state index contributed by atoms with van der Waals surface area (Å²) < 4.78 is 15.4. The number of halogens is 1. The van der Waals surface area contributed by atoms with E-state index in [0.29, 0.717) is 12.6 Å². The highest BCUT2D eigenvalue weighted by Crippen LogP contribution is 2.22. The Labute approximate surface area is 186 Å². The third-order valence-corrected chi connectivity index (χ3v) is 6.00. The van der Waals surface area contributed by atoms with Crippen molar-refractivity contribution in [1.29, 1.82) is 0 Å². The maximum atomic E-state index is 13.3. The lowest BCUT2D eigenvalue weighted by Crippen LogP contribution is -2.40. The van der Waals surface area contributed by atoms with Crippen molar-refractivity contribution in [2.45, 2.75) is 31.8 Å². The summed E-state index contributed by atoms with van der Waals surface area (Å²) in [6.07, 6.45) is 8.20. The van der Waals surface area contributed by atoms with Crippen LogP contribution in [0.3, 0.4) is 0 Å². The van der Waals surface area contributed by atoms with Crippen LogP contribution in [0.15, 0.2) is 61.2 Å². The number of nitrogens with one attached hydrogen (secondary N) is 1. The fourth-order valence-electron chi connectivity index (χ4n) is 4.21. The fraction of sp³-hybridized carbons (Fsp3) is 0.333. The highest BCUT2D eigenvalue weighted by Gasteiger charge is 2.22. The van der Waals surface area contributed by atoms with Crippen LogP contribution < -0.4 is 5.32 Å². The molecule has 5 rings (SSSR count). The van der Waals surface area contributed by atoms with Gasteiger partial charge in [0.2, 0.25) is 5.95 Å². The van der Waals surface area contributed by atoms with Gasteiger partial charge in [-0.2, -0.15) is 0 Å². The SMILES string of the molecule is Fc1ccc(Cn2c(NC3CCN(CCc4ccccn4)CC3)nc3cncnc32)cc1. The second-order valence-electron chi connectivity index (χ2n) is 8.21. The maximum absolute atomic E-state index is 13.3. The van der Waals surface area contributed by atoms with Gasteiger partial charge in [-0.15, -0.1) is 0 Å². The summed E-state index contributed by atoms with van der Waals surface area (Å²) >= 11 is 0. The number of hydrogen-bond donors (Lipinski definition) is 1. The number of piperidine rings is 1. The molecule has 8 heteroatoms. The number of nitrogens with zero attached hydrogens (tertiary/aromatic N) is 6. The Kier molecular flexibility index (Phi) is 6.02. The van der Waals surface area contributed by atoms with Crippen LogP contribution in [0.4, 0.5) is 10.3 Å². The molecule has 0 saturated carbocycles. The van der Waals surface area contributed by atoms with E-state index >= 15 is 0 Å². The Morgan fingerprint density at radius 2 is 1.88 bits per heavy atom. The van der Waals surface area contributed by atoms with Crippen molar-refractivity contribution < 1.29 is 4.39 Å². The van der Waals surface area contributed by atoms with Crippen LogP contribution in [-0.4, -0.2) is 55.1 Å². The summed E-state index contributed by atoms with van der Waals surface area (Å²) in [4.78, 5) is 20.2. The van der Waals surface area contributed by atoms with Crippen LogP contribution >= 0.6 is 0 Å². The number of rotatable bonds is 7. The molecule has 1 fully saturated rings. The van der Waals surface area contributed by atoms with Gasteiger partial charge in [0.15, 0.2) is 5.65 Å². The van der Waals surface area contributed by atoms with Crippen LogP contribution in [-0.2, 0) is 13.0 Å². The van der Waals surface area contributed by atoms with Gasteiger partial charge < -0.3 is 10.2 Å². The van der Waals surface area contributed by atoms with E-state index in [1.165, 1.54) is 18.5 Å².